The van der Waals surface area contributed by atoms with Gasteiger partial charge in [-0.05, 0) is 24.1 Å². The van der Waals surface area contributed by atoms with Crippen LogP contribution in [-0.4, -0.2) is 19.2 Å². The maximum atomic E-state index is 11.9. The summed E-state index contributed by atoms with van der Waals surface area (Å²) in [4.78, 5) is 5.04. The Morgan fingerprint density at radius 1 is 1.38 bits per heavy atom. The molecule has 1 aromatic heterocycles. The van der Waals surface area contributed by atoms with E-state index in [1.54, 1.807) is 17.4 Å². The molecule has 1 aromatic carbocycles. The molecule has 0 saturated carbocycles. The van der Waals surface area contributed by atoms with Crippen LogP contribution >= 0.6 is 11.3 Å². The van der Waals surface area contributed by atoms with E-state index < -0.39 is 9.84 Å². The highest BCUT2D eigenvalue weighted by molar-refractivity contribution is 7.91. The topological polar surface area (TPSA) is 59.1 Å². The van der Waals surface area contributed by atoms with Gasteiger partial charge in [0.15, 0.2) is 9.84 Å². The van der Waals surface area contributed by atoms with Gasteiger partial charge in [0.25, 0.3) is 0 Å². The summed E-state index contributed by atoms with van der Waals surface area (Å²) in [6.45, 7) is 4.87. The summed E-state index contributed by atoms with van der Waals surface area (Å²) < 4.78 is 23.8. The monoisotopic (exact) mass is 322 g/mol. The van der Waals surface area contributed by atoms with E-state index in [0.29, 0.717) is 23.8 Å². The molecule has 1 N–H and O–H groups in total. The van der Waals surface area contributed by atoms with Gasteiger partial charge in [-0.15, -0.1) is 11.3 Å². The Labute approximate surface area is 129 Å². The van der Waals surface area contributed by atoms with E-state index in [9.17, 15) is 8.42 Å². The Balaban J connectivity index is 1.74. The zero-order valence-electron chi connectivity index (χ0n) is 12.1. The average molecular weight is 322 g/mol. The predicted octanol–water partition coefficient (Wildman–Crippen LogP) is 3.21. The second-order valence-electron chi connectivity index (χ2n) is 5.58. The Morgan fingerprint density at radius 2 is 2.19 bits per heavy atom. The fraction of sp³-hybridized carbons (Fsp3) is 0.400. The van der Waals surface area contributed by atoms with E-state index in [1.165, 1.54) is 0 Å². The van der Waals surface area contributed by atoms with Gasteiger partial charge in [-0.2, -0.15) is 0 Å². The highest BCUT2D eigenvalue weighted by Gasteiger charge is 2.26. The lowest BCUT2D eigenvalue weighted by Gasteiger charge is -2.07. The van der Waals surface area contributed by atoms with Crippen molar-refractivity contribution in [3.05, 3.63) is 39.8 Å². The molecule has 0 fully saturated rings. The van der Waals surface area contributed by atoms with Crippen molar-refractivity contribution in [3.8, 4) is 0 Å². The molecular formula is C15H18N2O2S2. The molecule has 0 radical (unpaired) electrons. The molecule has 3 rings (SSSR count). The molecule has 112 valence electrons. The van der Waals surface area contributed by atoms with Crippen LogP contribution in [0.4, 0.5) is 5.69 Å². The van der Waals surface area contributed by atoms with Crippen LogP contribution < -0.4 is 5.32 Å². The summed E-state index contributed by atoms with van der Waals surface area (Å²) in [6.07, 6.45) is 0.627. The summed E-state index contributed by atoms with van der Waals surface area (Å²) in [5.41, 5.74) is 2.75. The van der Waals surface area contributed by atoms with Crippen molar-refractivity contribution < 1.29 is 8.42 Å². The Bertz CT molecular complexity index is 764. The highest BCUT2D eigenvalue weighted by atomic mass is 32.2. The van der Waals surface area contributed by atoms with E-state index in [1.807, 2.05) is 17.5 Å². The van der Waals surface area contributed by atoms with Crippen molar-refractivity contribution in [2.75, 3.05) is 11.1 Å². The fourth-order valence-electron chi connectivity index (χ4n) is 2.38. The zero-order valence-corrected chi connectivity index (χ0v) is 13.7. The third kappa shape index (κ3) is 2.96. The quantitative estimate of drug-likeness (QED) is 0.939. The second kappa shape index (κ2) is 5.42. The normalized spacial score (nSPS) is 16.1. The SMILES string of the molecule is CC(C)c1nc(CNc2ccc3c(c2)S(=O)(=O)CC3)cs1. The molecule has 0 atom stereocenters. The first-order valence-corrected chi connectivity index (χ1v) is 9.53. The molecule has 0 spiro atoms. The first kappa shape index (κ1) is 14.5. The minimum atomic E-state index is -3.07. The summed E-state index contributed by atoms with van der Waals surface area (Å²) in [5.74, 6) is 0.671. The molecule has 0 amide bonds. The van der Waals surface area contributed by atoms with Crippen LogP contribution in [0.2, 0.25) is 0 Å². The van der Waals surface area contributed by atoms with Gasteiger partial charge in [0.2, 0.25) is 0 Å². The third-order valence-corrected chi connectivity index (χ3v) is 6.57. The minimum Gasteiger partial charge on any atom is -0.379 e. The van der Waals surface area contributed by atoms with Crippen LogP contribution in [0, 0.1) is 0 Å². The lowest BCUT2D eigenvalue weighted by molar-refractivity contribution is 0.600. The van der Waals surface area contributed by atoms with Crippen molar-refractivity contribution >= 4 is 26.9 Å². The number of sulfone groups is 1. The van der Waals surface area contributed by atoms with E-state index >= 15 is 0 Å². The molecule has 0 bridgehead atoms. The van der Waals surface area contributed by atoms with Crippen molar-refractivity contribution in [2.45, 2.75) is 37.6 Å². The Kier molecular flexibility index (Phi) is 3.75. The molecule has 2 heterocycles. The van der Waals surface area contributed by atoms with Crippen LogP contribution in [0.1, 0.15) is 36.0 Å². The van der Waals surface area contributed by atoms with E-state index in [4.69, 9.17) is 0 Å². The number of nitrogens with zero attached hydrogens (tertiary/aromatic N) is 1. The van der Waals surface area contributed by atoms with Crippen LogP contribution in [0.25, 0.3) is 0 Å². The molecule has 1 aliphatic heterocycles. The van der Waals surface area contributed by atoms with Crippen LogP contribution in [-0.2, 0) is 22.8 Å². The maximum absolute atomic E-state index is 11.9. The standard InChI is InChI=1S/C15H18N2O2S2/c1-10(2)15-17-13(9-20-15)8-16-12-4-3-11-5-6-21(18,19)14(11)7-12/h3-4,7,9-10,16H,5-6,8H2,1-2H3. The van der Waals surface area contributed by atoms with Gasteiger partial charge in [-0.3, -0.25) is 0 Å². The van der Waals surface area contributed by atoms with Gasteiger partial charge in [-0.25, -0.2) is 13.4 Å². The van der Waals surface area contributed by atoms with Crippen molar-refractivity contribution in [2.24, 2.45) is 0 Å². The number of nitrogens with one attached hydrogen (secondary N) is 1. The minimum absolute atomic E-state index is 0.232. The van der Waals surface area contributed by atoms with E-state index in [2.05, 4.69) is 24.1 Å². The first-order chi connectivity index (χ1) is 9.95. The number of rotatable bonds is 4. The molecule has 0 saturated heterocycles. The summed E-state index contributed by atoms with van der Waals surface area (Å²) in [7, 11) is -3.07. The number of benzene rings is 1. The summed E-state index contributed by atoms with van der Waals surface area (Å²) in [5, 5.41) is 6.44. The highest BCUT2D eigenvalue weighted by Crippen LogP contribution is 2.28. The molecular weight excluding hydrogens is 304 g/mol. The van der Waals surface area contributed by atoms with Crippen molar-refractivity contribution in [3.63, 3.8) is 0 Å². The van der Waals surface area contributed by atoms with Gasteiger partial charge < -0.3 is 5.32 Å². The predicted molar refractivity (Wildman–Crippen MR) is 85.7 cm³/mol. The molecule has 6 heteroatoms. The van der Waals surface area contributed by atoms with Crippen LogP contribution in [0.3, 0.4) is 0 Å². The fourth-order valence-corrected chi connectivity index (χ4v) is 4.80. The van der Waals surface area contributed by atoms with Gasteiger partial charge in [-0.1, -0.05) is 19.9 Å². The average Bonchev–Trinajstić information content (AvgIpc) is 3.02. The molecule has 2 aromatic rings. The van der Waals surface area contributed by atoms with Crippen LogP contribution in [0.15, 0.2) is 28.5 Å². The summed E-state index contributed by atoms with van der Waals surface area (Å²) >= 11 is 1.67. The Morgan fingerprint density at radius 3 is 2.90 bits per heavy atom. The molecule has 1 aliphatic rings. The largest absolute Gasteiger partial charge is 0.379 e. The first-order valence-electron chi connectivity index (χ1n) is 6.99. The second-order valence-corrected chi connectivity index (χ2v) is 8.54. The number of anilines is 1. The van der Waals surface area contributed by atoms with Crippen molar-refractivity contribution in [1.29, 1.82) is 0 Å². The van der Waals surface area contributed by atoms with Gasteiger partial charge in [0, 0.05) is 17.0 Å². The number of hydrogen-bond acceptors (Lipinski definition) is 5. The molecule has 21 heavy (non-hydrogen) atoms. The number of aryl methyl sites for hydroxylation is 1. The smallest absolute Gasteiger partial charge is 0.179 e. The summed E-state index contributed by atoms with van der Waals surface area (Å²) in [6, 6.07) is 5.59. The molecule has 0 aliphatic carbocycles. The number of aromatic nitrogens is 1. The van der Waals surface area contributed by atoms with E-state index in [-0.39, 0.29) is 5.75 Å². The number of hydrogen-bond donors (Lipinski definition) is 1. The number of fused-ring (bicyclic) bond motifs is 1. The molecule has 0 unspecified atom stereocenters. The van der Waals surface area contributed by atoms with Gasteiger partial charge in [0.05, 0.1) is 27.9 Å². The lowest BCUT2D eigenvalue weighted by Crippen LogP contribution is -2.02. The van der Waals surface area contributed by atoms with E-state index in [0.717, 1.165) is 22.0 Å². The third-order valence-electron chi connectivity index (χ3n) is 3.58. The van der Waals surface area contributed by atoms with Gasteiger partial charge in [0.1, 0.15) is 0 Å². The maximum Gasteiger partial charge on any atom is 0.179 e. The van der Waals surface area contributed by atoms with Gasteiger partial charge >= 0.3 is 0 Å². The van der Waals surface area contributed by atoms with Crippen LogP contribution in [0.5, 0.6) is 0 Å². The van der Waals surface area contributed by atoms with Crippen molar-refractivity contribution in [1.82, 2.24) is 4.98 Å². The lowest BCUT2D eigenvalue weighted by atomic mass is 10.1. The Hall–Kier alpha value is -1.40. The molecule has 4 nitrogen and oxygen atoms in total. The zero-order chi connectivity index (χ0) is 15.0. The number of thiazole rings is 1.